The Morgan fingerprint density at radius 3 is 2.33 bits per heavy atom. The van der Waals surface area contributed by atoms with E-state index in [9.17, 15) is 4.57 Å². The van der Waals surface area contributed by atoms with Crippen molar-refractivity contribution in [3.63, 3.8) is 0 Å². The van der Waals surface area contributed by atoms with Gasteiger partial charge in [0.05, 0.1) is 13.2 Å². The summed E-state index contributed by atoms with van der Waals surface area (Å²) in [6, 6.07) is 0. The molecule has 0 rings (SSSR count). The van der Waals surface area contributed by atoms with E-state index in [2.05, 4.69) is 4.52 Å². The van der Waals surface area contributed by atoms with Gasteiger partial charge in [-0.3, -0.25) is 13.6 Å². The number of rotatable bonds is 9. The van der Waals surface area contributed by atoms with E-state index in [0.29, 0.717) is 6.61 Å². The maximum Gasteiger partial charge on any atom is 0.474 e. The van der Waals surface area contributed by atoms with Gasteiger partial charge < -0.3 is 10.2 Å². The minimum absolute atomic E-state index is 0.0372. The van der Waals surface area contributed by atoms with Gasteiger partial charge in [0, 0.05) is 13.5 Å². The van der Waals surface area contributed by atoms with Crippen LogP contribution >= 0.6 is 7.82 Å². The average molecular weight is 242 g/mol. The predicted molar refractivity (Wildman–Crippen MR) is 54.3 cm³/mol. The third-order valence-electron chi connectivity index (χ3n) is 1.60. The lowest BCUT2D eigenvalue weighted by atomic mass is 10.4. The van der Waals surface area contributed by atoms with E-state index >= 15 is 0 Å². The standard InChI is InChI=1S/C8H19O6P/c1-3-4-6-13-15(11,12-2)14-7-5-8(9)10/h8-10H,3-7H2,1-2H3. The Morgan fingerprint density at radius 2 is 1.87 bits per heavy atom. The second-order valence-electron chi connectivity index (χ2n) is 2.92. The Morgan fingerprint density at radius 1 is 1.27 bits per heavy atom. The molecule has 0 saturated carbocycles. The van der Waals surface area contributed by atoms with Crippen LogP contribution in [-0.2, 0) is 18.1 Å². The third-order valence-corrected chi connectivity index (χ3v) is 3.04. The highest BCUT2D eigenvalue weighted by Gasteiger charge is 2.24. The van der Waals surface area contributed by atoms with Gasteiger partial charge in [0.15, 0.2) is 6.29 Å². The molecule has 0 saturated heterocycles. The van der Waals surface area contributed by atoms with Crippen LogP contribution in [0.3, 0.4) is 0 Å². The molecule has 0 amide bonds. The Bertz CT molecular complexity index is 196. The van der Waals surface area contributed by atoms with Crippen LogP contribution in [0.1, 0.15) is 26.2 Å². The first-order chi connectivity index (χ1) is 7.04. The van der Waals surface area contributed by atoms with Crippen molar-refractivity contribution in [2.45, 2.75) is 32.5 Å². The van der Waals surface area contributed by atoms with Crippen molar-refractivity contribution in [1.82, 2.24) is 0 Å². The van der Waals surface area contributed by atoms with Crippen molar-refractivity contribution >= 4 is 7.82 Å². The number of phosphoric acid groups is 1. The van der Waals surface area contributed by atoms with Gasteiger partial charge in [0.25, 0.3) is 0 Å². The molecule has 0 aromatic carbocycles. The number of unbranched alkanes of at least 4 members (excludes halogenated alkanes) is 1. The number of phosphoric ester groups is 1. The Balaban J connectivity index is 3.80. The molecule has 92 valence electrons. The quantitative estimate of drug-likeness (QED) is 0.360. The zero-order valence-electron chi connectivity index (χ0n) is 9.09. The van der Waals surface area contributed by atoms with Gasteiger partial charge in [0.2, 0.25) is 0 Å². The summed E-state index contributed by atoms with van der Waals surface area (Å²) < 4.78 is 26.0. The molecule has 2 N–H and O–H groups in total. The van der Waals surface area contributed by atoms with E-state index in [0.717, 1.165) is 12.8 Å². The van der Waals surface area contributed by atoms with Crippen LogP contribution in [-0.4, -0.2) is 36.8 Å². The molecule has 0 aromatic rings. The second-order valence-corrected chi connectivity index (χ2v) is 4.70. The number of hydrogen-bond donors (Lipinski definition) is 2. The largest absolute Gasteiger partial charge is 0.474 e. The van der Waals surface area contributed by atoms with E-state index in [1.807, 2.05) is 6.92 Å². The minimum atomic E-state index is -3.51. The van der Waals surface area contributed by atoms with Crippen molar-refractivity contribution < 1.29 is 28.3 Å². The first-order valence-corrected chi connectivity index (χ1v) is 6.31. The fraction of sp³-hybridized carbons (Fsp3) is 1.00. The van der Waals surface area contributed by atoms with Crippen LogP contribution in [0.2, 0.25) is 0 Å². The fourth-order valence-corrected chi connectivity index (χ4v) is 1.70. The molecule has 1 atom stereocenters. The van der Waals surface area contributed by atoms with Gasteiger partial charge in [0.1, 0.15) is 0 Å². The zero-order valence-corrected chi connectivity index (χ0v) is 9.98. The van der Waals surface area contributed by atoms with Crippen LogP contribution in [0.5, 0.6) is 0 Å². The molecule has 0 aromatic heterocycles. The zero-order chi connectivity index (χ0) is 11.7. The van der Waals surface area contributed by atoms with Gasteiger partial charge in [-0.2, -0.15) is 0 Å². The molecule has 0 aliphatic rings. The molecule has 0 aliphatic carbocycles. The molecule has 15 heavy (non-hydrogen) atoms. The molecular formula is C8H19O6P. The lowest BCUT2D eigenvalue weighted by molar-refractivity contribution is -0.0540. The number of aliphatic hydroxyl groups is 2. The monoisotopic (exact) mass is 242 g/mol. The lowest BCUT2D eigenvalue weighted by Gasteiger charge is -2.15. The summed E-state index contributed by atoms with van der Waals surface area (Å²) in [5, 5.41) is 17.1. The molecule has 0 bridgehead atoms. The van der Waals surface area contributed by atoms with Crippen LogP contribution in [0.4, 0.5) is 0 Å². The summed E-state index contributed by atoms with van der Waals surface area (Å²) >= 11 is 0. The van der Waals surface area contributed by atoms with E-state index in [1.54, 1.807) is 0 Å². The second kappa shape index (κ2) is 8.21. The summed E-state index contributed by atoms with van der Waals surface area (Å²) in [4.78, 5) is 0. The van der Waals surface area contributed by atoms with Crippen molar-refractivity contribution in [3.05, 3.63) is 0 Å². The Labute approximate surface area is 89.8 Å². The summed E-state index contributed by atoms with van der Waals surface area (Å²) in [6.07, 6.45) is 0.161. The van der Waals surface area contributed by atoms with Crippen LogP contribution < -0.4 is 0 Å². The highest BCUT2D eigenvalue weighted by atomic mass is 31.2. The maximum atomic E-state index is 11.6. The Hall–Kier alpha value is 0.0300. The molecule has 0 aliphatic heterocycles. The lowest BCUT2D eigenvalue weighted by Crippen LogP contribution is -2.09. The molecule has 7 heteroatoms. The topological polar surface area (TPSA) is 85.2 Å². The molecule has 0 radical (unpaired) electrons. The SMILES string of the molecule is CCCCOP(=O)(OC)OCCC(O)O. The first-order valence-electron chi connectivity index (χ1n) is 4.85. The van der Waals surface area contributed by atoms with Crippen LogP contribution in [0.25, 0.3) is 0 Å². The number of aliphatic hydroxyl groups excluding tert-OH is 1. The van der Waals surface area contributed by atoms with Gasteiger partial charge in [-0.05, 0) is 6.42 Å². The van der Waals surface area contributed by atoms with E-state index in [-0.39, 0.29) is 13.0 Å². The highest BCUT2D eigenvalue weighted by molar-refractivity contribution is 7.48. The summed E-state index contributed by atoms with van der Waals surface area (Å²) in [5.41, 5.74) is 0. The molecule has 0 fully saturated rings. The Kier molecular flexibility index (Phi) is 8.23. The fourth-order valence-electron chi connectivity index (χ4n) is 0.733. The molecule has 0 heterocycles. The maximum absolute atomic E-state index is 11.6. The normalized spacial score (nSPS) is 15.5. The summed E-state index contributed by atoms with van der Waals surface area (Å²) in [7, 11) is -2.28. The molecule has 1 unspecified atom stereocenters. The first kappa shape index (κ1) is 15.0. The third kappa shape index (κ3) is 7.90. The van der Waals surface area contributed by atoms with E-state index in [1.165, 1.54) is 7.11 Å². The van der Waals surface area contributed by atoms with E-state index < -0.39 is 14.1 Å². The highest BCUT2D eigenvalue weighted by Crippen LogP contribution is 2.48. The van der Waals surface area contributed by atoms with Crippen molar-refractivity contribution in [2.75, 3.05) is 20.3 Å². The smallest absolute Gasteiger partial charge is 0.368 e. The van der Waals surface area contributed by atoms with Crippen molar-refractivity contribution in [3.8, 4) is 0 Å². The number of hydrogen-bond acceptors (Lipinski definition) is 6. The average Bonchev–Trinajstić information content (AvgIpc) is 2.18. The molecule has 0 spiro atoms. The molecule has 6 nitrogen and oxygen atoms in total. The summed E-state index contributed by atoms with van der Waals surface area (Å²) in [5.74, 6) is 0. The van der Waals surface area contributed by atoms with Gasteiger partial charge in [-0.15, -0.1) is 0 Å². The van der Waals surface area contributed by atoms with Crippen molar-refractivity contribution in [1.29, 1.82) is 0 Å². The van der Waals surface area contributed by atoms with Crippen LogP contribution in [0.15, 0.2) is 0 Å². The predicted octanol–water partition coefficient (Wildman–Crippen LogP) is 1.27. The van der Waals surface area contributed by atoms with Crippen molar-refractivity contribution in [2.24, 2.45) is 0 Å². The van der Waals surface area contributed by atoms with Crippen LogP contribution in [0, 0.1) is 0 Å². The van der Waals surface area contributed by atoms with Gasteiger partial charge in [-0.25, -0.2) is 4.57 Å². The van der Waals surface area contributed by atoms with E-state index in [4.69, 9.17) is 19.3 Å². The summed E-state index contributed by atoms with van der Waals surface area (Å²) in [6.45, 7) is 2.18. The van der Waals surface area contributed by atoms with Gasteiger partial charge in [-0.1, -0.05) is 13.3 Å². The molecular weight excluding hydrogens is 223 g/mol. The minimum Gasteiger partial charge on any atom is -0.368 e. The van der Waals surface area contributed by atoms with Gasteiger partial charge >= 0.3 is 7.82 Å².